The van der Waals surface area contributed by atoms with Crippen LogP contribution in [-0.2, 0) is 11.2 Å². The Morgan fingerprint density at radius 1 is 1.55 bits per heavy atom. The van der Waals surface area contributed by atoms with Gasteiger partial charge in [0.05, 0.1) is 13.2 Å². The summed E-state index contributed by atoms with van der Waals surface area (Å²) < 4.78 is 5.75. The van der Waals surface area contributed by atoms with Crippen molar-refractivity contribution in [3.63, 3.8) is 0 Å². The van der Waals surface area contributed by atoms with E-state index in [-0.39, 0.29) is 12.1 Å². The van der Waals surface area contributed by atoms with Crippen molar-refractivity contribution >= 4 is 33.8 Å². The Bertz CT molecular complexity index is 614. The third-order valence-electron chi connectivity index (χ3n) is 3.36. The number of hydrogen-bond donors (Lipinski definition) is 1. The summed E-state index contributed by atoms with van der Waals surface area (Å²) in [6.07, 6.45) is 1.88. The summed E-state index contributed by atoms with van der Waals surface area (Å²) >= 11 is 3.09. The van der Waals surface area contributed by atoms with E-state index in [0.717, 1.165) is 22.7 Å². The summed E-state index contributed by atoms with van der Waals surface area (Å²) in [5, 5.41) is 14.5. The van der Waals surface area contributed by atoms with Crippen LogP contribution in [0.4, 0.5) is 9.93 Å². The van der Waals surface area contributed by atoms with E-state index >= 15 is 0 Å². The number of thiophene rings is 1. The fourth-order valence-corrected chi connectivity index (χ4v) is 3.87. The molecule has 8 heteroatoms. The number of nitrogens with zero attached hydrogens (tertiary/aromatic N) is 3. The number of anilines is 1. The fourth-order valence-electron chi connectivity index (χ4n) is 2.27. The Morgan fingerprint density at radius 3 is 3.23 bits per heavy atom. The average Bonchev–Trinajstić information content (AvgIpc) is 3.20. The molecular weight excluding hydrogens is 320 g/mol. The quantitative estimate of drug-likeness (QED) is 0.930. The molecule has 0 saturated carbocycles. The number of rotatable bonds is 4. The molecule has 1 aliphatic rings. The first-order chi connectivity index (χ1) is 10.8. The zero-order chi connectivity index (χ0) is 15.4. The Labute approximate surface area is 137 Å². The van der Waals surface area contributed by atoms with Crippen LogP contribution in [0.5, 0.6) is 0 Å². The zero-order valence-electron chi connectivity index (χ0n) is 12.3. The van der Waals surface area contributed by atoms with Gasteiger partial charge in [-0.2, -0.15) is 0 Å². The molecule has 2 aromatic rings. The number of hydrogen-bond acceptors (Lipinski definition) is 6. The lowest BCUT2D eigenvalue weighted by Gasteiger charge is -2.32. The maximum atomic E-state index is 12.4. The van der Waals surface area contributed by atoms with Crippen LogP contribution < -0.4 is 5.32 Å². The second kappa shape index (κ2) is 7.17. The van der Waals surface area contributed by atoms with Gasteiger partial charge in [0.1, 0.15) is 11.1 Å². The number of aryl methyl sites for hydroxylation is 1. The standard InChI is InChI=1S/C14H18N4O2S2/c1-2-4-12-16-17-13(22-12)15-14(19)18-6-7-20-10(9-18)11-5-3-8-21-11/h3,5,8,10H,2,4,6-7,9H2,1H3,(H,15,17,19). The molecule has 1 N–H and O–H groups in total. The summed E-state index contributed by atoms with van der Waals surface area (Å²) in [5.41, 5.74) is 0. The summed E-state index contributed by atoms with van der Waals surface area (Å²) in [4.78, 5) is 15.3. The molecule has 2 amide bonds. The first kappa shape index (κ1) is 15.4. The maximum Gasteiger partial charge on any atom is 0.323 e. The Balaban J connectivity index is 1.59. The molecule has 118 valence electrons. The number of aromatic nitrogens is 2. The van der Waals surface area contributed by atoms with Crippen molar-refractivity contribution in [2.24, 2.45) is 0 Å². The van der Waals surface area contributed by atoms with Crippen LogP contribution in [-0.4, -0.2) is 40.8 Å². The highest BCUT2D eigenvalue weighted by atomic mass is 32.1. The van der Waals surface area contributed by atoms with Crippen LogP contribution in [0.1, 0.15) is 29.3 Å². The Kier molecular flexibility index (Phi) is 5.01. The molecule has 1 unspecified atom stereocenters. The molecule has 2 aromatic heterocycles. The van der Waals surface area contributed by atoms with Gasteiger partial charge in [0, 0.05) is 17.8 Å². The van der Waals surface area contributed by atoms with Crippen molar-refractivity contribution in [2.45, 2.75) is 25.9 Å². The molecule has 0 spiro atoms. The van der Waals surface area contributed by atoms with Crippen molar-refractivity contribution < 1.29 is 9.53 Å². The third kappa shape index (κ3) is 3.63. The SMILES string of the molecule is CCCc1nnc(NC(=O)N2CCOC(c3cccs3)C2)s1. The van der Waals surface area contributed by atoms with Gasteiger partial charge in [-0.05, 0) is 17.9 Å². The Morgan fingerprint density at radius 2 is 2.45 bits per heavy atom. The van der Waals surface area contributed by atoms with Gasteiger partial charge in [0.15, 0.2) is 0 Å². The number of carbonyl (C=O) groups excluding carboxylic acids is 1. The average molecular weight is 338 g/mol. The fraction of sp³-hybridized carbons (Fsp3) is 0.500. The molecule has 3 heterocycles. The normalized spacial score (nSPS) is 18.4. The summed E-state index contributed by atoms with van der Waals surface area (Å²) in [6, 6.07) is 3.90. The van der Waals surface area contributed by atoms with Gasteiger partial charge in [0.25, 0.3) is 0 Å². The summed E-state index contributed by atoms with van der Waals surface area (Å²) in [5.74, 6) is 0. The lowest BCUT2D eigenvalue weighted by atomic mass is 10.2. The van der Waals surface area contributed by atoms with E-state index in [1.807, 2.05) is 17.5 Å². The van der Waals surface area contributed by atoms with Gasteiger partial charge in [-0.15, -0.1) is 21.5 Å². The van der Waals surface area contributed by atoms with Gasteiger partial charge in [-0.3, -0.25) is 5.32 Å². The minimum Gasteiger partial charge on any atom is -0.369 e. The minimum absolute atomic E-state index is 0.0374. The number of ether oxygens (including phenoxy) is 1. The zero-order valence-corrected chi connectivity index (χ0v) is 14.0. The molecule has 1 fully saturated rings. The van der Waals surface area contributed by atoms with Gasteiger partial charge in [-0.25, -0.2) is 4.79 Å². The number of morpholine rings is 1. The van der Waals surface area contributed by atoms with Crippen molar-refractivity contribution in [1.82, 2.24) is 15.1 Å². The molecule has 3 rings (SSSR count). The van der Waals surface area contributed by atoms with E-state index in [1.165, 1.54) is 11.3 Å². The van der Waals surface area contributed by atoms with Crippen LogP contribution in [0.2, 0.25) is 0 Å². The summed E-state index contributed by atoms with van der Waals surface area (Å²) in [6.45, 7) is 3.80. The molecule has 1 aliphatic heterocycles. The second-order valence-electron chi connectivity index (χ2n) is 5.00. The second-order valence-corrected chi connectivity index (χ2v) is 7.04. The molecule has 1 atom stereocenters. The monoisotopic (exact) mass is 338 g/mol. The lowest BCUT2D eigenvalue weighted by molar-refractivity contribution is -0.0115. The van der Waals surface area contributed by atoms with Crippen LogP contribution in [0, 0.1) is 0 Å². The first-order valence-electron chi connectivity index (χ1n) is 7.29. The molecule has 0 radical (unpaired) electrons. The van der Waals surface area contributed by atoms with Gasteiger partial charge in [-0.1, -0.05) is 24.3 Å². The highest BCUT2D eigenvalue weighted by molar-refractivity contribution is 7.15. The minimum atomic E-state index is -0.135. The molecule has 6 nitrogen and oxygen atoms in total. The van der Waals surface area contributed by atoms with Crippen LogP contribution >= 0.6 is 22.7 Å². The predicted octanol–water partition coefficient (Wildman–Crippen LogP) is 3.16. The molecule has 0 bridgehead atoms. The third-order valence-corrected chi connectivity index (χ3v) is 5.22. The number of urea groups is 1. The number of amides is 2. The van der Waals surface area contributed by atoms with E-state index < -0.39 is 0 Å². The van der Waals surface area contributed by atoms with Gasteiger partial charge < -0.3 is 9.64 Å². The molecule has 1 saturated heterocycles. The van der Waals surface area contributed by atoms with E-state index in [4.69, 9.17) is 4.74 Å². The number of carbonyl (C=O) groups is 1. The van der Waals surface area contributed by atoms with Gasteiger partial charge >= 0.3 is 6.03 Å². The predicted molar refractivity (Wildman–Crippen MR) is 87.5 cm³/mol. The smallest absolute Gasteiger partial charge is 0.323 e. The van der Waals surface area contributed by atoms with E-state index in [1.54, 1.807) is 16.2 Å². The van der Waals surface area contributed by atoms with Crippen molar-refractivity contribution in [3.8, 4) is 0 Å². The summed E-state index contributed by atoms with van der Waals surface area (Å²) in [7, 11) is 0. The van der Waals surface area contributed by atoms with E-state index in [9.17, 15) is 4.79 Å². The topological polar surface area (TPSA) is 67.4 Å². The van der Waals surface area contributed by atoms with Crippen LogP contribution in [0.3, 0.4) is 0 Å². The maximum absolute atomic E-state index is 12.4. The Hall–Kier alpha value is -1.51. The molecule has 0 aliphatic carbocycles. The molecule has 0 aromatic carbocycles. The van der Waals surface area contributed by atoms with Gasteiger partial charge in [0.2, 0.25) is 5.13 Å². The van der Waals surface area contributed by atoms with Crippen molar-refractivity contribution in [3.05, 3.63) is 27.4 Å². The van der Waals surface area contributed by atoms with Crippen molar-refractivity contribution in [1.29, 1.82) is 0 Å². The van der Waals surface area contributed by atoms with Crippen molar-refractivity contribution in [2.75, 3.05) is 25.0 Å². The van der Waals surface area contributed by atoms with Crippen LogP contribution in [0.25, 0.3) is 0 Å². The largest absolute Gasteiger partial charge is 0.369 e. The molecular formula is C14H18N4O2S2. The van der Waals surface area contributed by atoms with E-state index in [0.29, 0.717) is 24.8 Å². The van der Waals surface area contributed by atoms with Crippen LogP contribution in [0.15, 0.2) is 17.5 Å². The first-order valence-corrected chi connectivity index (χ1v) is 8.99. The lowest BCUT2D eigenvalue weighted by Crippen LogP contribution is -2.44. The van der Waals surface area contributed by atoms with E-state index in [2.05, 4.69) is 22.4 Å². The highest BCUT2D eigenvalue weighted by Gasteiger charge is 2.26. The molecule has 22 heavy (non-hydrogen) atoms. The number of nitrogens with one attached hydrogen (secondary N) is 1. The highest BCUT2D eigenvalue weighted by Crippen LogP contribution is 2.26.